The molecule has 0 aliphatic carbocycles. The van der Waals surface area contributed by atoms with Crippen LogP contribution in [0.2, 0.25) is 0 Å². The highest BCUT2D eigenvalue weighted by Crippen LogP contribution is 2.10. The number of amides is 1. The summed E-state index contributed by atoms with van der Waals surface area (Å²) in [5.74, 6) is -0.489. The van der Waals surface area contributed by atoms with Crippen LogP contribution in [0.25, 0.3) is 0 Å². The third-order valence-corrected chi connectivity index (χ3v) is 2.11. The number of hydrogen-bond acceptors (Lipinski definition) is 6. The number of aromatic nitrogens is 3. The average Bonchev–Trinajstić information content (AvgIpc) is 2.93. The number of nitro groups is 1. The SMILES string of the molecule is O=C(NN=Cc1ccc([N+](=O)[O-])cc1)c1ncn[nH]1. The van der Waals surface area contributed by atoms with Gasteiger partial charge in [0.25, 0.3) is 5.69 Å². The summed E-state index contributed by atoms with van der Waals surface area (Å²) >= 11 is 0. The molecule has 2 N–H and O–H groups in total. The Hall–Kier alpha value is -3.10. The summed E-state index contributed by atoms with van der Waals surface area (Å²) in [6, 6.07) is 5.73. The molecule has 0 bridgehead atoms. The number of nitrogens with zero attached hydrogens (tertiary/aromatic N) is 4. The van der Waals surface area contributed by atoms with Crippen molar-refractivity contribution in [2.24, 2.45) is 5.10 Å². The minimum absolute atomic E-state index is 0.0113. The standard InChI is InChI=1S/C10H8N6O3/c17-10(9-11-6-13-14-9)15-12-5-7-1-3-8(4-2-7)16(18)19/h1-6H,(H,15,17)(H,11,13,14). The molecule has 0 spiro atoms. The second-order valence-corrected chi connectivity index (χ2v) is 3.38. The van der Waals surface area contributed by atoms with Gasteiger partial charge >= 0.3 is 5.91 Å². The maximum absolute atomic E-state index is 11.4. The molecule has 0 saturated heterocycles. The van der Waals surface area contributed by atoms with Crippen LogP contribution in [0, 0.1) is 10.1 Å². The summed E-state index contributed by atoms with van der Waals surface area (Å²) in [5, 5.41) is 20.0. The van der Waals surface area contributed by atoms with Crippen LogP contribution in [-0.2, 0) is 0 Å². The van der Waals surface area contributed by atoms with Crippen LogP contribution in [-0.4, -0.2) is 32.2 Å². The molecule has 1 amide bonds. The molecule has 19 heavy (non-hydrogen) atoms. The first-order valence-corrected chi connectivity index (χ1v) is 5.10. The van der Waals surface area contributed by atoms with Crippen LogP contribution >= 0.6 is 0 Å². The number of carbonyl (C=O) groups is 1. The number of hydrogen-bond donors (Lipinski definition) is 2. The van der Waals surface area contributed by atoms with Crippen molar-refractivity contribution in [1.29, 1.82) is 0 Å². The van der Waals surface area contributed by atoms with Gasteiger partial charge in [-0.25, -0.2) is 10.4 Å². The molecule has 2 rings (SSSR count). The van der Waals surface area contributed by atoms with Crippen molar-refractivity contribution >= 4 is 17.8 Å². The zero-order valence-corrected chi connectivity index (χ0v) is 9.48. The lowest BCUT2D eigenvalue weighted by molar-refractivity contribution is -0.384. The lowest BCUT2D eigenvalue weighted by atomic mass is 10.2. The molecule has 9 nitrogen and oxygen atoms in total. The molecule has 9 heteroatoms. The minimum atomic E-state index is -0.532. The monoisotopic (exact) mass is 260 g/mol. The second-order valence-electron chi connectivity index (χ2n) is 3.38. The van der Waals surface area contributed by atoms with E-state index in [4.69, 9.17) is 0 Å². The summed E-state index contributed by atoms with van der Waals surface area (Å²) in [7, 11) is 0. The van der Waals surface area contributed by atoms with E-state index in [1.807, 2.05) is 0 Å². The third-order valence-electron chi connectivity index (χ3n) is 2.11. The molecule has 0 unspecified atom stereocenters. The Morgan fingerprint density at radius 1 is 1.42 bits per heavy atom. The van der Waals surface area contributed by atoms with Gasteiger partial charge in [0.05, 0.1) is 11.1 Å². The van der Waals surface area contributed by atoms with Crippen molar-refractivity contribution in [2.45, 2.75) is 0 Å². The van der Waals surface area contributed by atoms with E-state index < -0.39 is 10.8 Å². The van der Waals surface area contributed by atoms with E-state index >= 15 is 0 Å². The predicted molar refractivity (Wildman–Crippen MR) is 64.5 cm³/mol. The van der Waals surface area contributed by atoms with Crippen molar-refractivity contribution in [3.8, 4) is 0 Å². The summed E-state index contributed by atoms with van der Waals surface area (Å²) in [6.07, 6.45) is 2.56. The number of benzene rings is 1. The minimum Gasteiger partial charge on any atom is -0.264 e. The molecular formula is C10H8N6O3. The van der Waals surface area contributed by atoms with Crippen molar-refractivity contribution in [2.75, 3.05) is 0 Å². The Morgan fingerprint density at radius 2 is 2.16 bits per heavy atom. The third kappa shape index (κ3) is 3.19. The fraction of sp³-hybridized carbons (Fsp3) is 0. The highest BCUT2D eigenvalue weighted by atomic mass is 16.6. The fourth-order valence-electron chi connectivity index (χ4n) is 1.22. The highest BCUT2D eigenvalue weighted by Gasteiger charge is 2.06. The van der Waals surface area contributed by atoms with Gasteiger partial charge < -0.3 is 0 Å². The Labute approximate surface area is 106 Å². The zero-order valence-electron chi connectivity index (χ0n) is 9.48. The summed E-state index contributed by atoms with van der Waals surface area (Å²) in [4.78, 5) is 25.0. The first-order valence-electron chi connectivity index (χ1n) is 5.10. The van der Waals surface area contributed by atoms with E-state index in [0.29, 0.717) is 5.56 Å². The van der Waals surface area contributed by atoms with Gasteiger partial charge in [-0.1, -0.05) is 0 Å². The molecule has 0 aliphatic heterocycles. The Balaban J connectivity index is 1.95. The largest absolute Gasteiger partial charge is 0.308 e. The van der Waals surface area contributed by atoms with Gasteiger partial charge in [0.15, 0.2) is 0 Å². The van der Waals surface area contributed by atoms with E-state index in [9.17, 15) is 14.9 Å². The number of nitrogens with one attached hydrogen (secondary N) is 2. The van der Waals surface area contributed by atoms with Gasteiger partial charge in [-0.05, 0) is 17.7 Å². The maximum atomic E-state index is 11.4. The van der Waals surface area contributed by atoms with Crippen molar-refractivity contribution in [1.82, 2.24) is 20.6 Å². The molecule has 1 heterocycles. The van der Waals surface area contributed by atoms with Crippen LogP contribution in [0.1, 0.15) is 16.2 Å². The number of carbonyl (C=O) groups excluding carboxylic acids is 1. The molecule has 0 saturated carbocycles. The highest BCUT2D eigenvalue weighted by molar-refractivity contribution is 5.91. The molecular weight excluding hydrogens is 252 g/mol. The zero-order chi connectivity index (χ0) is 13.7. The number of non-ortho nitro benzene ring substituents is 1. The van der Waals surface area contributed by atoms with E-state index in [1.54, 1.807) is 0 Å². The molecule has 1 aromatic carbocycles. The quantitative estimate of drug-likeness (QED) is 0.469. The molecule has 0 radical (unpaired) electrons. The molecule has 0 aliphatic rings. The van der Waals surface area contributed by atoms with Crippen molar-refractivity contribution < 1.29 is 9.72 Å². The summed E-state index contributed by atoms with van der Waals surface area (Å²) in [6.45, 7) is 0. The van der Waals surface area contributed by atoms with Crippen LogP contribution in [0.15, 0.2) is 35.7 Å². The van der Waals surface area contributed by atoms with Gasteiger partial charge in [0, 0.05) is 12.1 Å². The molecule has 2 aromatic rings. The van der Waals surface area contributed by atoms with Gasteiger partial charge in [-0.15, -0.1) is 0 Å². The van der Waals surface area contributed by atoms with Gasteiger partial charge in [-0.3, -0.25) is 20.0 Å². The number of nitro benzene ring substituents is 1. The molecule has 0 fully saturated rings. The maximum Gasteiger partial charge on any atom is 0.308 e. The lowest BCUT2D eigenvalue weighted by Crippen LogP contribution is -2.19. The predicted octanol–water partition coefficient (Wildman–Crippen LogP) is 0.477. The van der Waals surface area contributed by atoms with E-state index in [-0.39, 0.29) is 11.5 Å². The molecule has 96 valence electrons. The van der Waals surface area contributed by atoms with Gasteiger partial charge in [0.2, 0.25) is 5.82 Å². The van der Waals surface area contributed by atoms with Crippen LogP contribution in [0.4, 0.5) is 5.69 Å². The van der Waals surface area contributed by atoms with Crippen LogP contribution < -0.4 is 5.43 Å². The topological polar surface area (TPSA) is 126 Å². The van der Waals surface area contributed by atoms with E-state index in [0.717, 1.165) is 0 Å². The fourth-order valence-corrected chi connectivity index (χ4v) is 1.22. The van der Waals surface area contributed by atoms with Gasteiger partial charge in [-0.2, -0.15) is 10.2 Å². The number of H-pyrrole nitrogens is 1. The normalized spacial score (nSPS) is 10.5. The van der Waals surface area contributed by atoms with E-state index in [1.165, 1.54) is 36.8 Å². The number of hydrazone groups is 1. The van der Waals surface area contributed by atoms with Crippen molar-refractivity contribution in [3.05, 3.63) is 52.1 Å². The Morgan fingerprint density at radius 3 is 2.74 bits per heavy atom. The first-order chi connectivity index (χ1) is 9.16. The van der Waals surface area contributed by atoms with Gasteiger partial charge in [0.1, 0.15) is 6.33 Å². The summed E-state index contributed by atoms with van der Waals surface area (Å²) in [5.41, 5.74) is 2.84. The summed E-state index contributed by atoms with van der Waals surface area (Å²) < 4.78 is 0. The number of aromatic amines is 1. The lowest BCUT2D eigenvalue weighted by Gasteiger charge is -1.95. The van der Waals surface area contributed by atoms with Crippen LogP contribution in [0.3, 0.4) is 0 Å². The Bertz CT molecular complexity index is 605. The second kappa shape index (κ2) is 5.49. The first kappa shape index (κ1) is 12.4. The Kier molecular flexibility index (Phi) is 3.57. The average molecular weight is 260 g/mol. The van der Waals surface area contributed by atoms with Crippen molar-refractivity contribution in [3.63, 3.8) is 0 Å². The smallest absolute Gasteiger partial charge is 0.264 e. The molecule has 0 atom stereocenters. The molecule has 1 aromatic heterocycles. The van der Waals surface area contributed by atoms with E-state index in [2.05, 4.69) is 25.7 Å². The van der Waals surface area contributed by atoms with Crippen LogP contribution in [0.5, 0.6) is 0 Å². The number of rotatable bonds is 4.